The molecule has 0 heterocycles. The molecule has 0 atom stereocenters. The molecule has 1 aromatic rings. The van der Waals surface area contributed by atoms with Crippen molar-refractivity contribution in [2.45, 2.75) is 13.3 Å². The SMILES string of the molecule is C=C(C)C(=O)OCCc1ccccc1NC(=O)[O-]. The fourth-order valence-corrected chi connectivity index (χ4v) is 1.35. The largest absolute Gasteiger partial charge is 0.530 e. The maximum atomic E-state index is 11.2. The van der Waals surface area contributed by atoms with E-state index in [1.54, 1.807) is 31.2 Å². The van der Waals surface area contributed by atoms with Gasteiger partial charge in [-0.05, 0) is 18.6 Å². The van der Waals surface area contributed by atoms with E-state index < -0.39 is 12.1 Å². The predicted molar refractivity (Wildman–Crippen MR) is 64.9 cm³/mol. The summed E-state index contributed by atoms with van der Waals surface area (Å²) in [7, 11) is 0. The number of nitrogens with one attached hydrogen (secondary N) is 1. The van der Waals surface area contributed by atoms with Gasteiger partial charge in [0.2, 0.25) is 0 Å². The zero-order valence-electron chi connectivity index (χ0n) is 10.1. The third-order valence-electron chi connectivity index (χ3n) is 2.21. The van der Waals surface area contributed by atoms with Crippen molar-refractivity contribution >= 4 is 17.7 Å². The third kappa shape index (κ3) is 4.29. The number of rotatable bonds is 5. The van der Waals surface area contributed by atoms with Gasteiger partial charge in [0.05, 0.1) is 6.61 Å². The first-order valence-corrected chi connectivity index (χ1v) is 5.39. The van der Waals surface area contributed by atoms with Gasteiger partial charge < -0.3 is 20.0 Å². The van der Waals surface area contributed by atoms with Gasteiger partial charge in [0, 0.05) is 17.7 Å². The van der Waals surface area contributed by atoms with E-state index in [9.17, 15) is 14.7 Å². The van der Waals surface area contributed by atoms with Crippen LogP contribution in [0.15, 0.2) is 36.4 Å². The van der Waals surface area contributed by atoms with Gasteiger partial charge in [-0.1, -0.05) is 24.8 Å². The first kappa shape index (κ1) is 13.8. The summed E-state index contributed by atoms with van der Waals surface area (Å²) in [5, 5.41) is 12.7. The summed E-state index contributed by atoms with van der Waals surface area (Å²) in [4.78, 5) is 21.6. The van der Waals surface area contributed by atoms with Gasteiger partial charge in [0.15, 0.2) is 0 Å². The second-order valence-electron chi connectivity index (χ2n) is 3.74. The molecule has 5 nitrogen and oxygen atoms in total. The average Bonchev–Trinajstić information content (AvgIpc) is 2.30. The third-order valence-corrected chi connectivity index (χ3v) is 2.21. The Morgan fingerprint density at radius 2 is 2.06 bits per heavy atom. The number of anilines is 1. The summed E-state index contributed by atoms with van der Waals surface area (Å²) in [6.07, 6.45) is -0.962. The lowest BCUT2D eigenvalue weighted by atomic mass is 10.1. The summed E-state index contributed by atoms with van der Waals surface area (Å²) in [5.41, 5.74) is 1.50. The molecule has 1 rings (SSSR count). The Hall–Kier alpha value is -2.30. The molecule has 0 aromatic heterocycles. The van der Waals surface area contributed by atoms with Crippen molar-refractivity contribution in [3.05, 3.63) is 42.0 Å². The summed E-state index contributed by atoms with van der Waals surface area (Å²) < 4.78 is 4.94. The van der Waals surface area contributed by atoms with Crippen molar-refractivity contribution in [1.82, 2.24) is 0 Å². The maximum Gasteiger partial charge on any atom is 0.333 e. The monoisotopic (exact) mass is 248 g/mol. The van der Waals surface area contributed by atoms with Crippen LogP contribution in [0.4, 0.5) is 10.5 Å². The van der Waals surface area contributed by atoms with Crippen molar-refractivity contribution in [2.24, 2.45) is 0 Å². The lowest BCUT2D eigenvalue weighted by Gasteiger charge is -2.12. The van der Waals surface area contributed by atoms with E-state index in [0.29, 0.717) is 17.7 Å². The van der Waals surface area contributed by atoms with Crippen molar-refractivity contribution in [2.75, 3.05) is 11.9 Å². The van der Waals surface area contributed by atoms with Gasteiger partial charge in [-0.3, -0.25) is 0 Å². The molecule has 0 aliphatic heterocycles. The number of hydrogen-bond acceptors (Lipinski definition) is 4. The van der Waals surface area contributed by atoms with E-state index in [4.69, 9.17) is 4.74 Å². The minimum Gasteiger partial charge on any atom is -0.530 e. The predicted octanol–water partition coefficient (Wildman–Crippen LogP) is 1.10. The molecule has 96 valence electrons. The highest BCUT2D eigenvalue weighted by Crippen LogP contribution is 2.15. The Morgan fingerprint density at radius 1 is 1.39 bits per heavy atom. The Balaban J connectivity index is 2.59. The fourth-order valence-electron chi connectivity index (χ4n) is 1.35. The van der Waals surface area contributed by atoms with E-state index in [1.165, 1.54) is 0 Å². The summed E-state index contributed by atoms with van der Waals surface area (Å²) in [5.74, 6) is -0.458. The minimum atomic E-state index is -1.37. The molecule has 1 amide bonds. The lowest BCUT2D eigenvalue weighted by Crippen LogP contribution is -2.29. The van der Waals surface area contributed by atoms with Crippen molar-refractivity contribution in [3.63, 3.8) is 0 Å². The Morgan fingerprint density at radius 3 is 2.67 bits per heavy atom. The quantitative estimate of drug-likeness (QED) is 0.625. The van der Waals surface area contributed by atoms with Gasteiger partial charge in [0.1, 0.15) is 6.09 Å². The van der Waals surface area contributed by atoms with E-state index in [-0.39, 0.29) is 6.61 Å². The number of carbonyl (C=O) groups is 2. The number of carbonyl (C=O) groups excluding carboxylic acids is 2. The minimum absolute atomic E-state index is 0.164. The molecule has 0 spiro atoms. The van der Waals surface area contributed by atoms with Crippen LogP contribution in [0.2, 0.25) is 0 Å². The van der Waals surface area contributed by atoms with Gasteiger partial charge in [0.25, 0.3) is 0 Å². The van der Waals surface area contributed by atoms with E-state index >= 15 is 0 Å². The number of amides is 1. The normalized spacial score (nSPS) is 9.61. The molecule has 0 radical (unpaired) electrons. The summed E-state index contributed by atoms with van der Waals surface area (Å²) in [6, 6.07) is 6.84. The number of hydrogen-bond donors (Lipinski definition) is 1. The van der Waals surface area contributed by atoms with Crippen LogP contribution in [0.5, 0.6) is 0 Å². The topological polar surface area (TPSA) is 78.5 Å². The van der Waals surface area contributed by atoms with Gasteiger partial charge in [-0.15, -0.1) is 0 Å². The number of para-hydroxylation sites is 1. The number of esters is 1. The molecular formula is C13H14NO4-. The van der Waals surface area contributed by atoms with Crippen LogP contribution in [-0.4, -0.2) is 18.7 Å². The van der Waals surface area contributed by atoms with Crippen LogP contribution < -0.4 is 10.4 Å². The van der Waals surface area contributed by atoms with Gasteiger partial charge in [-0.2, -0.15) is 0 Å². The molecule has 0 aliphatic carbocycles. The van der Waals surface area contributed by atoms with Gasteiger partial charge in [-0.25, -0.2) is 4.79 Å². The molecule has 0 bridgehead atoms. The maximum absolute atomic E-state index is 11.2. The van der Waals surface area contributed by atoms with Crippen LogP contribution in [-0.2, 0) is 16.0 Å². The number of ether oxygens (including phenoxy) is 1. The summed E-state index contributed by atoms with van der Waals surface area (Å²) >= 11 is 0. The van der Waals surface area contributed by atoms with Crippen molar-refractivity contribution in [3.8, 4) is 0 Å². The second-order valence-corrected chi connectivity index (χ2v) is 3.74. The average molecular weight is 248 g/mol. The molecule has 0 aliphatic rings. The molecule has 1 aromatic carbocycles. The highest BCUT2D eigenvalue weighted by Gasteiger charge is 2.05. The van der Waals surface area contributed by atoms with E-state index in [1.807, 2.05) is 0 Å². The molecule has 5 heteroatoms. The van der Waals surface area contributed by atoms with Crippen molar-refractivity contribution in [1.29, 1.82) is 0 Å². The molecule has 18 heavy (non-hydrogen) atoms. The first-order valence-electron chi connectivity index (χ1n) is 5.39. The standard InChI is InChI=1S/C13H15NO4/c1-9(2)12(15)18-8-7-10-5-3-4-6-11(10)14-13(16)17/h3-6,14H,1,7-8H2,2H3,(H,16,17)/p-1. The van der Waals surface area contributed by atoms with Gasteiger partial charge >= 0.3 is 5.97 Å². The van der Waals surface area contributed by atoms with Crippen LogP contribution in [0.25, 0.3) is 0 Å². The smallest absolute Gasteiger partial charge is 0.333 e. The van der Waals surface area contributed by atoms with E-state index in [0.717, 1.165) is 5.56 Å². The molecule has 0 fully saturated rings. The Labute approximate surface area is 105 Å². The number of carboxylic acid groups (broad SMARTS) is 1. The molecule has 1 N–H and O–H groups in total. The van der Waals surface area contributed by atoms with Crippen LogP contribution in [0.1, 0.15) is 12.5 Å². The Bertz CT molecular complexity index is 468. The summed E-state index contributed by atoms with van der Waals surface area (Å²) in [6.45, 7) is 5.19. The van der Waals surface area contributed by atoms with E-state index in [2.05, 4.69) is 11.9 Å². The fraction of sp³-hybridized carbons (Fsp3) is 0.231. The zero-order chi connectivity index (χ0) is 13.5. The van der Waals surface area contributed by atoms with Crippen LogP contribution in [0.3, 0.4) is 0 Å². The molecule has 0 saturated carbocycles. The second kappa shape index (κ2) is 6.44. The Kier molecular flexibility index (Phi) is 4.92. The zero-order valence-corrected chi connectivity index (χ0v) is 10.1. The van der Waals surface area contributed by atoms with Crippen molar-refractivity contribution < 1.29 is 19.4 Å². The van der Waals surface area contributed by atoms with Crippen LogP contribution in [0, 0.1) is 0 Å². The first-order chi connectivity index (χ1) is 8.50. The molecule has 0 unspecified atom stereocenters. The number of benzene rings is 1. The lowest BCUT2D eigenvalue weighted by molar-refractivity contribution is -0.242. The molecule has 0 saturated heterocycles. The molecular weight excluding hydrogens is 234 g/mol. The van der Waals surface area contributed by atoms with Crippen LogP contribution >= 0.6 is 0 Å². The highest BCUT2D eigenvalue weighted by molar-refractivity contribution is 5.87. The highest BCUT2D eigenvalue weighted by atomic mass is 16.5.